The van der Waals surface area contributed by atoms with Gasteiger partial charge in [0.25, 0.3) is 5.91 Å². The number of fused-ring (bicyclic) bond motifs is 3. The predicted octanol–water partition coefficient (Wildman–Crippen LogP) is 4.80. The number of carbonyl (C=O) groups excluding carboxylic acids is 1. The van der Waals surface area contributed by atoms with Crippen LogP contribution in [0.5, 0.6) is 11.5 Å². The normalized spacial score (nSPS) is 15.8. The van der Waals surface area contributed by atoms with Gasteiger partial charge >= 0.3 is 0 Å². The lowest BCUT2D eigenvalue weighted by Gasteiger charge is -2.08. The lowest BCUT2D eigenvalue weighted by atomic mass is 10.1. The molecule has 0 saturated heterocycles. The van der Waals surface area contributed by atoms with Crippen LogP contribution < -0.4 is 9.47 Å². The summed E-state index contributed by atoms with van der Waals surface area (Å²) in [6.45, 7) is 0. The number of thioether (sulfide) groups is 1. The van der Waals surface area contributed by atoms with Crippen LogP contribution in [0.1, 0.15) is 15.8 Å². The average molecular weight is 392 g/mol. The molecule has 4 aromatic rings. The number of furan rings is 1. The van der Waals surface area contributed by atoms with E-state index in [-0.39, 0.29) is 5.91 Å². The number of rotatable bonds is 4. The van der Waals surface area contributed by atoms with Crippen molar-refractivity contribution in [1.82, 2.24) is 9.55 Å². The Hall–Kier alpha value is -3.19. The smallest absolute Gasteiger partial charge is 0.254 e. The van der Waals surface area contributed by atoms with Crippen molar-refractivity contribution >= 4 is 28.7 Å². The van der Waals surface area contributed by atoms with Crippen molar-refractivity contribution in [3.8, 4) is 22.8 Å². The van der Waals surface area contributed by atoms with Gasteiger partial charge in [0.2, 0.25) is 0 Å². The van der Waals surface area contributed by atoms with Crippen LogP contribution in [0, 0.1) is 0 Å². The molecule has 0 bridgehead atoms. The maximum absolute atomic E-state index is 13.0. The number of hydrogen-bond donors (Lipinski definition) is 0. The molecule has 1 atom stereocenters. The van der Waals surface area contributed by atoms with Crippen LogP contribution >= 0.6 is 11.8 Å². The largest absolute Gasteiger partial charge is 0.493 e. The number of benzene rings is 2. The lowest BCUT2D eigenvalue weighted by molar-refractivity contribution is 0.0909. The number of methoxy groups -OCH3 is 2. The quantitative estimate of drug-likeness (QED) is 0.497. The number of nitrogens with zero attached hydrogens (tertiary/aromatic N) is 2. The molecule has 1 aliphatic heterocycles. The standard InChI is InChI=1S/C21H16N2O4S/c1-25-16-8-7-12(11-18(16)26-2)15-9-10-17(27-15)19-20(24)23-14-6-4-3-5-13(14)22-21(23)28-19/h3-11,19H,1-2H3. The lowest BCUT2D eigenvalue weighted by Crippen LogP contribution is -2.10. The fourth-order valence-electron chi connectivity index (χ4n) is 3.39. The van der Waals surface area contributed by atoms with E-state index in [0.29, 0.717) is 28.2 Å². The summed E-state index contributed by atoms with van der Waals surface area (Å²) in [4.78, 5) is 17.6. The molecule has 1 aliphatic rings. The van der Waals surface area contributed by atoms with E-state index in [4.69, 9.17) is 13.9 Å². The SMILES string of the molecule is COc1ccc(-c2ccc(C3Sc4nc5ccccc5n4C3=O)o2)cc1OC. The number of aromatic nitrogens is 2. The minimum absolute atomic E-state index is 0.0399. The molecule has 3 heterocycles. The third-order valence-electron chi connectivity index (χ3n) is 4.75. The van der Waals surface area contributed by atoms with Crippen molar-refractivity contribution in [3.05, 3.63) is 60.4 Å². The van der Waals surface area contributed by atoms with Gasteiger partial charge in [-0.05, 0) is 42.5 Å². The second-order valence-electron chi connectivity index (χ2n) is 6.33. The number of hydrogen-bond acceptors (Lipinski definition) is 6. The number of carbonyl (C=O) groups is 1. The third-order valence-corrected chi connectivity index (χ3v) is 5.91. The highest BCUT2D eigenvalue weighted by Gasteiger charge is 2.37. The molecule has 0 saturated carbocycles. The van der Waals surface area contributed by atoms with Crippen LogP contribution in [0.15, 0.2) is 64.2 Å². The van der Waals surface area contributed by atoms with E-state index in [1.165, 1.54) is 11.8 Å². The first-order valence-corrected chi connectivity index (χ1v) is 9.58. The van der Waals surface area contributed by atoms with Crippen LogP contribution in [-0.2, 0) is 0 Å². The minimum atomic E-state index is -0.444. The van der Waals surface area contributed by atoms with Crippen LogP contribution in [0.4, 0.5) is 0 Å². The topological polar surface area (TPSA) is 66.5 Å². The van der Waals surface area contributed by atoms with Gasteiger partial charge in [-0.15, -0.1) is 0 Å². The summed E-state index contributed by atoms with van der Waals surface area (Å²) >= 11 is 1.41. The van der Waals surface area contributed by atoms with E-state index in [2.05, 4.69) is 4.98 Å². The molecule has 0 N–H and O–H groups in total. The van der Waals surface area contributed by atoms with Gasteiger partial charge in [-0.3, -0.25) is 9.36 Å². The Kier molecular flexibility index (Phi) is 3.91. The van der Waals surface area contributed by atoms with Gasteiger partial charge in [0, 0.05) is 5.56 Å². The molecule has 2 aromatic carbocycles. The molecule has 6 nitrogen and oxygen atoms in total. The number of imidazole rings is 1. The number of ether oxygens (including phenoxy) is 2. The summed E-state index contributed by atoms with van der Waals surface area (Å²) < 4.78 is 18.3. The van der Waals surface area contributed by atoms with Gasteiger partial charge in [-0.25, -0.2) is 4.98 Å². The Morgan fingerprint density at radius 2 is 1.86 bits per heavy atom. The first-order valence-electron chi connectivity index (χ1n) is 8.70. The molecule has 1 unspecified atom stereocenters. The molecule has 28 heavy (non-hydrogen) atoms. The number of para-hydroxylation sites is 2. The summed E-state index contributed by atoms with van der Waals surface area (Å²) in [6, 6.07) is 16.9. The molecule has 7 heteroatoms. The van der Waals surface area contributed by atoms with Crippen LogP contribution in [0.3, 0.4) is 0 Å². The van der Waals surface area contributed by atoms with E-state index in [1.807, 2.05) is 54.6 Å². The highest BCUT2D eigenvalue weighted by atomic mass is 32.2. The minimum Gasteiger partial charge on any atom is -0.493 e. The highest BCUT2D eigenvalue weighted by Crippen LogP contribution is 2.45. The molecule has 0 spiro atoms. The highest BCUT2D eigenvalue weighted by molar-refractivity contribution is 8.00. The van der Waals surface area contributed by atoms with Gasteiger partial charge < -0.3 is 13.9 Å². The van der Waals surface area contributed by atoms with Gasteiger partial charge in [-0.2, -0.15) is 0 Å². The average Bonchev–Trinajstić information content (AvgIpc) is 3.42. The molecule has 0 aliphatic carbocycles. The summed E-state index contributed by atoms with van der Waals surface area (Å²) in [5.74, 6) is 2.50. The van der Waals surface area contributed by atoms with Crippen molar-refractivity contribution in [1.29, 1.82) is 0 Å². The van der Waals surface area contributed by atoms with E-state index in [9.17, 15) is 4.79 Å². The van der Waals surface area contributed by atoms with Crippen LogP contribution in [0.25, 0.3) is 22.4 Å². The molecule has 5 rings (SSSR count). The van der Waals surface area contributed by atoms with Crippen LogP contribution in [0.2, 0.25) is 0 Å². The second kappa shape index (κ2) is 6.45. The van der Waals surface area contributed by atoms with E-state index >= 15 is 0 Å². The van der Waals surface area contributed by atoms with Crippen molar-refractivity contribution in [2.24, 2.45) is 0 Å². The predicted molar refractivity (Wildman–Crippen MR) is 106 cm³/mol. The van der Waals surface area contributed by atoms with E-state index in [1.54, 1.807) is 18.8 Å². The third kappa shape index (κ3) is 2.51. The maximum Gasteiger partial charge on any atom is 0.254 e. The van der Waals surface area contributed by atoms with Crippen molar-refractivity contribution in [2.75, 3.05) is 14.2 Å². The van der Waals surface area contributed by atoms with Gasteiger partial charge in [0.1, 0.15) is 16.8 Å². The van der Waals surface area contributed by atoms with Gasteiger partial charge in [-0.1, -0.05) is 23.9 Å². The maximum atomic E-state index is 13.0. The Balaban J connectivity index is 1.48. The van der Waals surface area contributed by atoms with Crippen molar-refractivity contribution in [3.63, 3.8) is 0 Å². The molecule has 0 radical (unpaired) electrons. The Bertz CT molecular complexity index is 1210. The zero-order valence-corrected chi connectivity index (χ0v) is 16.0. The Morgan fingerprint density at radius 1 is 1.04 bits per heavy atom. The molecule has 2 aromatic heterocycles. The fraction of sp³-hybridized carbons (Fsp3) is 0.143. The zero-order chi connectivity index (χ0) is 19.3. The Morgan fingerprint density at radius 3 is 2.68 bits per heavy atom. The molecular formula is C21H16N2O4S. The van der Waals surface area contributed by atoms with Gasteiger partial charge in [0.05, 0.1) is 25.3 Å². The second-order valence-corrected chi connectivity index (χ2v) is 7.40. The first-order chi connectivity index (χ1) is 13.7. The Labute approximate surface area is 165 Å². The molecular weight excluding hydrogens is 376 g/mol. The van der Waals surface area contributed by atoms with E-state index < -0.39 is 5.25 Å². The van der Waals surface area contributed by atoms with Crippen molar-refractivity contribution in [2.45, 2.75) is 10.4 Å². The summed E-state index contributed by atoms with van der Waals surface area (Å²) in [5, 5.41) is 0.251. The molecule has 0 fully saturated rings. The first kappa shape index (κ1) is 16.9. The summed E-state index contributed by atoms with van der Waals surface area (Å²) in [6.07, 6.45) is 0. The zero-order valence-electron chi connectivity index (χ0n) is 15.2. The molecule has 140 valence electrons. The monoisotopic (exact) mass is 392 g/mol. The summed E-state index contributed by atoms with van der Waals surface area (Å²) in [7, 11) is 3.19. The fourth-order valence-corrected chi connectivity index (χ4v) is 4.49. The van der Waals surface area contributed by atoms with Gasteiger partial charge in [0.15, 0.2) is 16.7 Å². The van der Waals surface area contributed by atoms with Crippen LogP contribution in [-0.4, -0.2) is 29.7 Å². The summed E-state index contributed by atoms with van der Waals surface area (Å²) in [5.41, 5.74) is 2.49. The van der Waals surface area contributed by atoms with E-state index in [0.717, 1.165) is 16.6 Å². The molecule has 0 amide bonds. The van der Waals surface area contributed by atoms with Crippen molar-refractivity contribution < 1.29 is 18.7 Å².